The highest BCUT2D eigenvalue weighted by Crippen LogP contribution is 2.47. The highest BCUT2D eigenvalue weighted by molar-refractivity contribution is 6.22. The van der Waals surface area contributed by atoms with Gasteiger partial charge in [0.25, 0.3) is 0 Å². The van der Waals surface area contributed by atoms with Crippen molar-refractivity contribution in [2.45, 2.75) is 0 Å². The molecule has 0 radical (unpaired) electrons. The van der Waals surface area contributed by atoms with Gasteiger partial charge in [-0.05, 0) is 141 Å². The van der Waals surface area contributed by atoms with Crippen molar-refractivity contribution in [3.05, 3.63) is 243 Å². The molecule has 0 unspecified atom stereocenters. The Balaban J connectivity index is 1.11. The van der Waals surface area contributed by atoms with E-state index in [9.17, 15) is 0 Å². The van der Waals surface area contributed by atoms with E-state index in [2.05, 4.69) is 243 Å². The van der Waals surface area contributed by atoms with Crippen LogP contribution < -0.4 is 0 Å². The number of hydrogen-bond donors (Lipinski definition) is 0. The molecule has 0 heteroatoms. The van der Waals surface area contributed by atoms with Crippen molar-refractivity contribution in [2.24, 2.45) is 0 Å². The van der Waals surface area contributed by atoms with Gasteiger partial charge in [0, 0.05) is 0 Å². The predicted octanol–water partition coefficient (Wildman–Crippen LogP) is 16.8. The molecule has 0 saturated carbocycles. The first-order chi connectivity index (χ1) is 29.7. The molecular weight excluding hydrogens is 721 g/mol. The summed E-state index contributed by atoms with van der Waals surface area (Å²) in [6.07, 6.45) is 0. The zero-order chi connectivity index (χ0) is 39.8. The van der Waals surface area contributed by atoms with E-state index < -0.39 is 0 Å². The topological polar surface area (TPSA) is 0 Å². The molecule has 0 atom stereocenters. The molecule has 60 heavy (non-hydrogen) atoms. The lowest BCUT2D eigenvalue weighted by Gasteiger charge is -2.21. The molecule has 0 spiro atoms. The van der Waals surface area contributed by atoms with E-state index in [0.717, 1.165) is 0 Å². The van der Waals surface area contributed by atoms with Gasteiger partial charge in [-0.1, -0.05) is 212 Å². The second-order valence-corrected chi connectivity index (χ2v) is 15.6. The maximum absolute atomic E-state index is 2.44. The summed E-state index contributed by atoms with van der Waals surface area (Å²) in [5.41, 5.74) is 17.0. The van der Waals surface area contributed by atoms with Crippen molar-refractivity contribution >= 4 is 32.3 Å². The molecule has 0 amide bonds. The number of rotatable bonds is 7. The third-order valence-corrected chi connectivity index (χ3v) is 12.0. The van der Waals surface area contributed by atoms with Gasteiger partial charge >= 0.3 is 0 Å². The molecule has 0 aliphatic carbocycles. The maximum atomic E-state index is 2.44. The summed E-state index contributed by atoms with van der Waals surface area (Å²) in [6, 6.07) is 88.9. The minimum atomic E-state index is 1.18. The molecule has 0 aliphatic heterocycles. The number of benzene rings is 11. The van der Waals surface area contributed by atoms with E-state index in [0.29, 0.717) is 0 Å². The summed E-state index contributed by atoms with van der Waals surface area (Å²) in [7, 11) is 0. The minimum Gasteiger partial charge on any atom is -0.0622 e. The molecule has 0 bridgehead atoms. The Morgan fingerprint density at radius 3 is 1.13 bits per heavy atom. The van der Waals surface area contributed by atoms with E-state index in [1.165, 1.54) is 110 Å². The van der Waals surface area contributed by atoms with Gasteiger partial charge in [0.15, 0.2) is 0 Å². The van der Waals surface area contributed by atoms with Crippen LogP contribution in [-0.4, -0.2) is 0 Å². The van der Waals surface area contributed by atoms with Crippen LogP contribution in [0.4, 0.5) is 0 Å². The van der Waals surface area contributed by atoms with Crippen LogP contribution in [0.1, 0.15) is 0 Å². The van der Waals surface area contributed by atoms with Crippen molar-refractivity contribution in [1.29, 1.82) is 0 Å². The fourth-order valence-corrected chi connectivity index (χ4v) is 9.14. The summed E-state index contributed by atoms with van der Waals surface area (Å²) < 4.78 is 0. The average molecular weight is 761 g/mol. The van der Waals surface area contributed by atoms with Gasteiger partial charge in [0.1, 0.15) is 0 Å². The quantitative estimate of drug-likeness (QED) is 0.142. The normalized spacial score (nSPS) is 11.3. The molecule has 0 N–H and O–H groups in total. The van der Waals surface area contributed by atoms with Crippen molar-refractivity contribution < 1.29 is 0 Å². The van der Waals surface area contributed by atoms with Crippen LogP contribution in [0.25, 0.3) is 110 Å². The first-order valence-electron chi connectivity index (χ1n) is 20.7. The molecule has 0 heterocycles. The lowest BCUT2D eigenvalue weighted by atomic mass is 9.82. The molecule has 11 rings (SSSR count). The third-order valence-electron chi connectivity index (χ3n) is 12.0. The van der Waals surface area contributed by atoms with Gasteiger partial charge in [0.05, 0.1) is 0 Å². The van der Waals surface area contributed by atoms with Gasteiger partial charge in [-0.15, -0.1) is 0 Å². The Hall–Kier alpha value is -7.80. The Morgan fingerprint density at radius 2 is 0.550 bits per heavy atom. The fourth-order valence-electron chi connectivity index (χ4n) is 9.14. The van der Waals surface area contributed by atoms with E-state index in [1.807, 2.05) is 0 Å². The first-order valence-corrected chi connectivity index (χ1v) is 20.7. The lowest BCUT2D eigenvalue weighted by molar-refractivity contribution is 1.56. The maximum Gasteiger partial charge on any atom is -0.00199 e. The van der Waals surface area contributed by atoms with Crippen LogP contribution in [0.5, 0.6) is 0 Å². The average Bonchev–Trinajstić information content (AvgIpc) is 3.33. The summed E-state index contributed by atoms with van der Waals surface area (Å²) >= 11 is 0. The second kappa shape index (κ2) is 15.2. The van der Waals surface area contributed by atoms with Crippen LogP contribution in [0.15, 0.2) is 243 Å². The van der Waals surface area contributed by atoms with E-state index in [1.54, 1.807) is 0 Å². The SMILES string of the molecule is c1ccc(-c2cccc(-c3ccc(-c4cccc(-c5cccc(-c6ccc7ccccc7c6)c5)c4)cc3-c3c4ccccc4c(-c4ccccc4)c4ccccc34)c2)cc1. The standard InChI is InChI=1S/C60H40/c1-3-16-41(17-4-1)45-22-15-27-52(39-45)53-35-34-51(49-26-14-24-47(38-49)46-23-13-25-48(37-46)50-33-32-42-18-7-8-21-44(42)36-50)40-58(53)60-56-30-11-9-28-54(56)59(43-19-5-2-6-20-43)55-29-10-12-31-57(55)60/h1-40H. The van der Waals surface area contributed by atoms with E-state index >= 15 is 0 Å². The summed E-state index contributed by atoms with van der Waals surface area (Å²) in [4.78, 5) is 0. The van der Waals surface area contributed by atoms with Crippen LogP contribution >= 0.6 is 0 Å². The lowest BCUT2D eigenvalue weighted by Crippen LogP contribution is -1.94. The molecule has 11 aromatic rings. The van der Waals surface area contributed by atoms with Crippen molar-refractivity contribution in [3.8, 4) is 77.9 Å². The minimum absolute atomic E-state index is 1.18. The molecule has 280 valence electrons. The molecule has 0 aliphatic rings. The summed E-state index contributed by atoms with van der Waals surface area (Å²) in [6.45, 7) is 0. The number of fused-ring (bicyclic) bond motifs is 3. The smallest absolute Gasteiger partial charge is 0.00199 e. The van der Waals surface area contributed by atoms with Crippen LogP contribution in [0, 0.1) is 0 Å². The van der Waals surface area contributed by atoms with Gasteiger partial charge < -0.3 is 0 Å². The Bertz CT molecular complexity index is 3300. The van der Waals surface area contributed by atoms with Crippen LogP contribution in [-0.2, 0) is 0 Å². The Labute approximate surface area is 351 Å². The molecule has 0 nitrogen and oxygen atoms in total. The molecule has 0 aromatic heterocycles. The van der Waals surface area contributed by atoms with Crippen molar-refractivity contribution in [2.75, 3.05) is 0 Å². The summed E-state index contributed by atoms with van der Waals surface area (Å²) in [5.74, 6) is 0. The predicted molar refractivity (Wildman–Crippen MR) is 257 cm³/mol. The zero-order valence-corrected chi connectivity index (χ0v) is 33.1. The van der Waals surface area contributed by atoms with Crippen LogP contribution in [0.3, 0.4) is 0 Å². The van der Waals surface area contributed by atoms with E-state index in [-0.39, 0.29) is 0 Å². The van der Waals surface area contributed by atoms with Gasteiger partial charge in [0.2, 0.25) is 0 Å². The highest BCUT2D eigenvalue weighted by Gasteiger charge is 2.20. The third kappa shape index (κ3) is 6.46. The Morgan fingerprint density at radius 1 is 0.167 bits per heavy atom. The van der Waals surface area contributed by atoms with Gasteiger partial charge in [-0.2, -0.15) is 0 Å². The number of hydrogen-bond acceptors (Lipinski definition) is 0. The van der Waals surface area contributed by atoms with Crippen molar-refractivity contribution in [1.82, 2.24) is 0 Å². The van der Waals surface area contributed by atoms with Gasteiger partial charge in [-0.25, -0.2) is 0 Å². The van der Waals surface area contributed by atoms with Gasteiger partial charge in [-0.3, -0.25) is 0 Å². The first kappa shape index (κ1) is 35.4. The highest BCUT2D eigenvalue weighted by atomic mass is 14.2. The van der Waals surface area contributed by atoms with E-state index in [4.69, 9.17) is 0 Å². The Kier molecular flexibility index (Phi) is 8.95. The zero-order valence-electron chi connectivity index (χ0n) is 33.1. The van der Waals surface area contributed by atoms with Crippen molar-refractivity contribution in [3.63, 3.8) is 0 Å². The largest absolute Gasteiger partial charge is 0.0622 e. The van der Waals surface area contributed by atoms with Crippen LogP contribution in [0.2, 0.25) is 0 Å². The molecule has 11 aromatic carbocycles. The fraction of sp³-hybridized carbons (Fsp3) is 0. The summed E-state index contributed by atoms with van der Waals surface area (Å²) in [5, 5.41) is 7.50. The molecular formula is C60H40. The molecule has 0 fully saturated rings. The molecule has 0 saturated heterocycles. The monoisotopic (exact) mass is 760 g/mol. The second-order valence-electron chi connectivity index (χ2n) is 15.6.